The van der Waals surface area contributed by atoms with Gasteiger partial charge in [0.25, 0.3) is 0 Å². The lowest BCUT2D eigenvalue weighted by Crippen LogP contribution is -2.46. The Morgan fingerprint density at radius 3 is 2.67 bits per heavy atom. The van der Waals surface area contributed by atoms with Crippen molar-refractivity contribution in [2.24, 2.45) is 11.1 Å². The van der Waals surface area contributed by atoms with Crippen LogP contribution in [0.4, 0.5) is 0 Å². The van der Waals surface area contributed by atoms with E-state index in [1.54, 1.807) is 11.3 Å². The van der Waals surface area contributed by atoms with E-state index in [2.05, 4.69) is 23.0 Å². The maximum Gasteiger partial charge on any atom is 0.233 e. The molecule has 0 radical (unpaired) electrons. The highest BCUT2D eigenvalue weighted by Crippen LogP contribution is 2.38. The molecule has 0 aromatic carbocycles. The molecule has 3 nitrogen and oxygen atoms in total. The number of amides is 1. The Morgan fingerprint density at radius 2 is 2.17 bits per heavy atom. The molecule has 0 saturated heterocycles. The molecule has 0 atom stereocenters. The highest BCUT2D eigenvalue weighted by Gasteiger charge is 2.43. The zero-order valence-corrected chi connectivity index (χ0v) is 12.1. The average Bonchev–Trinajstić information content (AvgIpc) is 2.95. The summed E-state index contributed by atoms with van der Waals surface area (Å²) >= 11 is 6.76. The van der Waals surface area contributed by atoms with Gasteiger partial charge < -0.3 is 11.1 Å². The first-order chi connectivity index (χ1) is 8.56. The maximum atomic E-state index is 12.3. The number of carbonyl (C=O) groups excluding carboxylic acids is 1. The minimum absolute atomic E-state index is 0.00176. The molecule has 1 aliphatic carbocycles. The third-order valence-corrected chi connectivity index (χ3v) is 5.07. The summed E-state index contributed by atoms with van der Waals surface area (Å²) in [5, 5.41) is 7.14. The van der Waals surface area contributed by atoms with E-state index in [1.165, 1.54) is 11.1 Å². The fourth-order valence-electron chi connectivity index (χ4n) is 2.48. The third-order valence-electron chi connectivity index (χ3n) is 3.76. The lowest BCUT2D eigenvalue weighted by Gasteiger charge is -2.26. The number of aryl methyl sites for hydroxylation is 1. The molecule has 5 heteroatoms. The van der Waals surface area contributed by atoms with E-state index in [4.69, 9.17) is 18.0 Å². The molecular formula is C13H18N2OS2. The molecule has 0 aliphatic heterocycles. The van der Waals surface area contributed by atoms with Crippen molar-refractivity contribution in [1.82, 2.24) is 5.32 Å². The van der Waals surface area contributed by atoms with Crippen LogP contribution in [0.1, 0.15) is 36.8 Å². The normalized spacial score (nSPS) is 17.6. The molecule has 1 aliphatic rings. The molecule has 1 amide bonds. The highest BCUT2D eigenvalue weighted by atomic mass is 32.1. The molecule has 1 aromatic rings. The van der Waals surface area contributed by atoms with Gasteiger partial charge in [0.15, 0.2) is 0 Å². The van der Waals surface area contributed by atoms with E-state index in [0.717, 1.165) is 25.7 Å². The monoisotopic (exact) mass is 282 g/mol. The number of thiophene rings is 1. The number of rotatable bonds is 4. The molecular weight excluding hydrogens is 264 g/mol. The predicted molar refractivity (Wildman–Crippen MR) is 78.6 cm³/mol. The summed E-state index contributed by atoms with van der Waals surface area (Å²) < 4.78 is 0. The first-order valence-electron chi connectivity index (χ1n) is 6.16. The van der Waals surface area contributed by atoms with Crippen LogP contribution in [-0.2, 0) is 11.3 Å². The van der Waals surface area contributed by atoms with Gasteiger partial charge in [-0.3, -0.25) is 4.79 Å². The van der Waals surface area contributed by atoms with Gasteiger partial charge in [0.2, 0.25) is 5.91 Å². The van der Waals surface area contributed by atoms with E-state index >= 15 is 0 Å². The Kier molecular flexibility index (Phi) is 4.02. The van der Waals surface area contributed by atoms with Gasteiger partial charge in [-0.1, -0.05) is 25.1 Å². The molecule has 1 heterocycles. The SMILES string of the molecule is Cc1cscc1CNC(=O)C1(C(N)=S)CCCC1. The number of nitrogens with one attached hydrogen (secondary N) is 1. The van der Waals surface area contributed by atoms with Gasteiger partial charge in [-0.25, -0.2) is 0 Å². The zero-order valence-electron chi connectivity index (χ0n) is 10.5. The van der Waals surface area contributed by atoms with Gasteiger partial charge >= 0.3 is 0 Å². The molecule has 1 aromatic heterocycles. The standard InChI is InChI=1S/C13H18N2OS2/c1-9-7-18-8-10(9)6-15-12(16)13(11(14)17)4-2-3-5-13/h7-8H,2-6H2,1H3,(H2,14,17)(H,15,16). The van der Waals surface area contributed by atoms with Gasteiger partial charge in [0.05, 0.1) is 10.4 Å². The summed E-state index contributed by atoms with van der Waals surface area (Å²) in [7, 11) is 0. The highest BCUT2D eigenvalue weighted by molar-refractivity contribution is 7.80. The molecule has 98 valence electrons. The van der Waals surface area contributed by atoms with Crippen molar-refractivity contribution in [3.8, 4) is 0 Å². The van der Waals surface area contributed by atoms with Crippen LogP contribution < -0.4 is 11.1 Å². The molecule has 1 fully saturated rings. The van der Waals surface area contributed by atoms with Crippen molar-refractivity contribution < 1.29 is 4.79 Å². The number of carbonyl (C=O) groups is 1. The summed E-state index contributed by atoms with van der Waals surface area (Å²) in [4.78, 5) is 12.7. The van der Waals surface area contributed by atoms with Crippen molar-refractivity contribution in [2.45, 2.75) is 39.2 Å². The molecule has 0 bridgehead atoms. The van der Waals surface area contributed by atoms with E-state index in [1.807, 2.05) is 0 Å². The van der Waals surface area contributed by atoms with Crippen LogP contribution in [0.15, 0.2) is 10.8 Å². The third kappa shape index (κ3) is 2.42. The maximum absolute atomic E-state index is 12.3. The van der Waals surface area contributed by atoms with E-state index in [9.17, 15) is 4.79 Å². The van der Waals surface area contributed by atoms with Crippen molar-refractivity contribution in [3.05, 3.63) is 21.9 Å². The van der Waals surface area contributed by atoms with Crippen LogP contribution in [-0.4, -0.2) is 10.9 Å². The summed E-state index contributed by atoms with van der Waals surface area (Å²) in [5.74, 6) is -0.00176. The van der Waals surface area contributed by atoms with Crippen LogP contribution in [0.2, 0.25) is 0 Å². The van der Waals surface area contributed by atoms with Crippen LogP contribution in [0, 0.1) is 12.3 Å². The van der Waals surface area contributed by atoms with Gasteiger partial charge in [-0.05, 0) is 41.7 Å². The van der Waals surface area contributed by atoms with Gasteiger partial charge in [0.1, 0.15) is 0 Å². The summed E-state index contributed by atoms with van der Waals surface area (Å²) in [5.41, 5.74) is 7.58. The zero-order chi connectivity index (χ0) is 13.2. The van der Waals surface area contributed by atoms with E-state index < -0.39 is 5.41 Å². The number of hydrogen-bond donors (Lipinski definition) is 2. The van der Waals surface area contributed by atoms with Crippen molar-refractivity contribution in [2.75, 3.05) is 0 Å². The second kappa shape index (κ2) is 5.36. The molecule has 18 heavy (non-hydrogen) atoms. The van der Waals surface area contributed by atoms with Crippen molar-refractivity contribution >= 4 is 34.5 Å². The Morgan fingerprint density at radius 1 is 1.50 bits per heavy atom. The Labute approximate surface area is 117 Å². The fraction of sp³-hybridized carbons (Fsp3) is 0.538. The second-order valence-corrected chi connectivity index (χ2v) is 6.10. The Bertz CT molecular complexity index is 461. The van der Waals surface area contributed by atoms with Crippen molar-refractivity contribution in [1.29, 1.82) is 0 Å². The lowest BCUT2D eigenvalue weighted by molar-refractivity contribution is -0.127. The fourth-order valence-corrected chi connectivity index (χ4v) is 3.63. The molecule has 1 saturated carbocycles. The summed E-state index contributed by atoms with van der Waals surface area (Å²) in [6.45, 7) is 2.62. The molecule has 3 N–H and O–H groups in total. The summed E-state index contributed by atoms with van der Waals surface area (Å²) in [6.07, 6.45) is 3.64. The van der Waals surface area contributed by atoms with E-state index in [0.29, 0.717) is 11.5 Å². The largest absolute Gasteiger partial charge is 0.392 e. The minimum atomic E-state index is -0.598. The van der Waals surface area contributed by atoms with Crippen LogP contribution in [0.25, 0.3) is 0 Å². The number of nitrogens with two attached hydrogens (primary N) is 1. The van der Waals surface area contributed by atoms with Crippen molar-refractivity contribution in [3.63, 3.8) is 0 Å². The number of hydrogen-bond acceptors (Lipinski definition) is 3. The van der Waals surface area contributed by atoms with Gasteiger partial charge in [-0.2, -0.15) is 11.3 Å². The smallest absolute Gasteiger partial charge is 0.233 e. The average molecular weight is 282 g/mol. The van der Waals surface area contributed by atoms with Crippen LogP contribution in [0.5, 0.6) is 0 Å². The van der Waals surface area contributed by atoms with Gasteiger partial charge in [-0.15, -0.1) is 0 Å². The molecule has 0 spiro atoms. The lowest BCUT2D eigenvalue weighted by atomic mass is 9.85. The summed E-state index contributed by atoms with van der Waals surface area (Å²) in [6, 6.07) is 0. The Hall–Kier alpha value is -0.940. The topological polar surface area (TPSA) is 55.1 Å². The predicted octanol–water partition coefficient (Wildman–Crippen LogP) is 2.52. The first kappa shape index (κ1) is 13.5. The van der Waals surface area contributed by atoms with Crippen LogP contribution in [0.3, 0.4) is 0 Å². The molecule has 0 unspecified atom stereocenters. The molecule has 2 rings (SSSR count). The first-order valence-corrected chi connectivity index (χ1v) is 7.51. The second-order valence-electron chi connectivity index (χ2n) is 4.92. The van der Waals surface area contributed by atoms with E-state index in [-0.39, 0.29) is 5.91 Å². The number of thiocarbonyl (C=S) groups is 1. The van der Waals surface area contributed by atoms with Crippen LogP contribution >= 0.6 is 23.6 Å². The quantitative estimate of drug-likeness (QED) is 0.834. The minimum Gasteiger partial charge on any atom is -0.392 e. The van der Waals surface area contributed by atoms with Gasteiger partial charge in [0, 0.05) is 6.54 Å². The Balaban J connectivity index is 2.03.